The fraction of sp³-hybridized carbons (Fsp3) is 0. The number of fused-ring (bicyclic) bond motifs is 1. The van der Waals surface area contributed by atoms with Crippen LogP contribution in [0.3, 0.4) is 0 Å². The number of hydrogen-bond acceptors (Lipinski definition) is 5. The molecule has 5 nitrogen and oxygen atoms in total. The van der Waals surface area contributed by atoms with E-state index in [2.05, 4.69) is 20.4 Å². The summed E-state index contributed by atoms with van der Waals surface area (Å²) < 4.78 is 0. The smallest absolute Gasteiger partial charge is 0.203 e. The van der Waals surface area contributed by atoms with Crippen LogP contribution < -0.4 is 5.73 Å². The summed E-state index contributed by atoms with van der Waals surface area (Å²) >= 11 is 7.44. The fourth-order valence-electron chi connectivity index (χ4n) is 1.49. The van der Waals surface area contributed by atoms with Gasteiger partial charge in [-0.1, -0.05) is 22.9 Å². The van der Waals surface area contributed by atoms with Gasteiger partial charge in [0.05, 0.1) is 16.7 Å². The Morgan fingerprint density at radius 2 is 2.19 bits per heavy atom. The molecule has 2 heterocycles. The molecule has 0 spiro atoms. The van der Waals surface area contributed by atoms with E-state index < -0.39 is 0 Å². The van der Waals surface area contributed by atoms with Gasteiger partial charge in [0.25, 0.3) is 0 Å². The lowest BCUT2D eigenvalue weighted by molar-refractivity contribution is 1.10. The first-order valence-electron chi connectivity index (χ1n) is 4.46. The van der Waals surface area contributed by atoms with Crippen LogP contribution in [0.1, 0.15) is 0 Å². The molecule has 0 saturated carbocycles. The Hall–Kier alpha value is -1.66. The number of nitrogens with zero attached hydrogens (tertiary/aromatic N) is 3. The lowest BCUT2D eigenvalue weighted by Crippen LogP contribution is -1.80. The normalized spacial score (nSPS) is 11.1. The molecule has 3 aromatic rings. The molecule has 0 bridgehead atoms. The number of nitrogen functional groups attached to an aromatic ring is 1. The zero-order valence-electron chi connectivity index (χ0n) is 7.94. The maximum absolute atomic E-state index is 6.11. The number of aromatic nitrogens is 4. The van der Waals surface area contributed by atoms with Crippen LogP contribution in [0.2, 0.25) is 5.02 Å². The quantitative estimate of drug-likeness (QED) is 0.696. The van der Waals surface area contributed by atoms with Gasteiger partial charge in [0, 0.05) is 10.9 Å². The SMILES string of the molecule is Nc1nnc(-c2cc(Cl)c3[nH]ncc3c2)s1. The van der Waals surface area contributed by atoms with Crippen molar-refractivity contribution in [3.05, 3.63) is 23.4 Å². The van der Waals surface area contributed by atoms with E-state index >= 15 is 0 Å². The highest BCUT2D eigenvalue weighted by Gasteiger charge is 2.09. The number of halogens is 1. The summed E-state index contributed by atoms with van der Waals surface area (Å²) in [6.45, 7) is 0. The van der Waals surface area contributed by atoms with E-state index in [0.717, 1.165) is 21.5 Å². The number of hydrogen-bond donors (Lipinski definition) is 2. The molecule has 80 valence electrons. The Bertz CT molecular complexity index is 659. The minimum Gasteiger partial charge on any atom is -0.374 e. The van der Waals surface area contributed by atoms with Gasteiger partial charge in [-0.15, -0.1) is 10.2 Å². The third-order valence-electron chi connectivity index (χ3n) is 2.19. The number of anilines is 1. The van der Waals surface area contributed by atoms with E-state index in [1.54, 1.807) is 6.20 Å². The number of rotatable bonds is 1. The molecule has 0 unspecified atom stereocenters. The molecular formula is C9H6ClN5S. The second-order valence-corrected chi connectivity index (χ2v) is 4.65. The molecule has 3 rings (SSSR count). The van der Waals surface area contributed by atoms with Crippen LogP contribution in [0.25, 0.3) is 21.5 Å². The molecule has 0 aliphatic carbocycles. The van der Waals surface area contributed by atoms with Crippen LogP contribution in [-0.4, -0.2) is 20.4 Å². The molecule has 3 N–H and O–H groups in total. The van der Waals surface area contributed by atoms with Crippen molar-refractivity contribution in [3.8, 4) is 10.6 Å². The molecule has 0 fully saturated rings. The van der Waals surface area contributed by atoms with Crippen molar-refractivity contribution in [2.45, 2.75) is 0 Å². The van der Waals surface area contributed by atoms with Gasteiger partial charge in [0.1, 0.15) is 5.01 Å². The molecule has 0 aliphatic heterocycles. The molecule has 7 heteroatoms. The van der Waals surface area contributed by atoms with E-state index in [9.17, 15) is 0 Å². The Morgan fingerprint density at radius 1 is 1.31 bits per heavy atom. The Morgan fingerprint density at radius 3 is 2.94 bits per heavy atom. The van der Waals surface area contributed by atoms with E-state index in [4.69, 9.17) is 17.3 Å². The predicted molar refractivity (Wildman–Crippen MR) is 64.4 cm³/mol. The summed E-state index contributed by atoms with van der Waals surface area (Å²) in [5.41, 5.74) is 7.26. The van der Waals surface area contributed by atoms with Crippen LogP contribution in [0.4, 0.5) is 5.13 Å². The summed E-state index contributed by atoms with van der Waals surface area (Å²) in [5, 5.41) is 17.3. The minimum atomic E-state index is 0.443. The van der Waals surface area contributed by atoms with Gasteiger partial charge in [-0.05, 0) is 12.1 Å². The average molecular weight is 252 g/mol. The first kappa shape index (κ1) is 9.56. The van der Waals surface area contributed by atoms with Crippen molar-refractivity contribution in [2.75, 3.05) is 5.73 Å². The number of benzene rings is 1. The summed E-state index contributed by atoms with van der Waals surface area (Å²) in [4.78, 5) is 0. The Balaban J connectivity index is 2.24. The summed E-state index contributed by atoms with van der Waals surface area (Å²) in [6, 6.07) is 3.77. The van der Waals surface area contributed by atoms with Crippen molar-refractivity contribution >= 4 is 39.0 Å². The van der Waals surface area contributed by atoms with Crippen LogP contribution in [0.5, 0.6) is 0 Å². The van der Waals surface area contributed by atoms with Crippen LogP contribution in [-0.2, 0) is 0 Å². The molecule has 0 radical (unpaired) electrons. The third-order valence-corrected chi connectivity index (χ3v) is 3.29. The largest absolute Gasteiger partial charge is 0.374 e. The fourth-order valence-corrected chi connectivity index (χ4v) is 2.35. The number of H-pyrrole nitrogens is 1. The molecule has 2 aromatic heterocycles. The maximum Gasteiger partial charge on any atom is 0.203 e. The second kappa shape index (κ2) is 3.43. The minimum absolute atomic E-state index is 0.443. The van der Waals surface area contributed by atoms with Crippen LogP contribution >= 0.6 is 22.9 Å². The number of nitrogens with one attached hydrogen (secondary N) is 1. The van der Waals surface area contributed by atoms with E-state index in [1.165, 1.54) is 11.3 Å². The maximum atomic E-state index is 6.11. The van der Waals surface area contributed by atoms with Crippen molar-refractivity contribution in [1.82, 2.24) is 20.4 Å². The highest BCUT2D eigenvalue weighted by molar-refractivity contribution is 7.18. The summed E-state index contributed by atoms with van der Waals surface area (Å²) in [5.74, 6) is 0. The first-order chi connectivity index (χ1) is 7.74. The lowest BCUT2D eigenvalue weighted by Gasteiger charge is -1.98. The van der Waals surface area contributed by atoms with Gasteiger partial charge in [-0.25, -0.2) is 0 Å². The van der Waals surface area contributed by atoms with E-state index in [1.807, 2.05) is 12.1 Å². The standard InChI is InChI=1S/C9H6ClN5S/c10-6-2-4(8-14-15-9(11)16-8)1-5-3-12-13-7(5)6/h1-3H,(H2,11,15)(H,12,13). The van der Waals surface area contributed by atoms with Gasteiger partial charge in [-0.3, -0.25) is 5.10 Å². The molecular weight excluding hydrogens is 246 g/mol. The van der Waals surface area contributed by atoms with Crippen LogP contribution in [0, 0.1) is 0 Å². The van der Waals surface area contributed by atoms with Crippen LogP contribution in [0.15, 0.2) is 18.3 Å². The first-order valence-corrected chi connectivity index (χ1v) is 5.65. The highest BCUT2D eigenvalue weighted by Crippen LogP contribution is 2.31. The van der Waals surface area contributed by atoms with Crippen molar-refractivity contribution < 1.29 is 0 Å². The van der Waals surface area contributed by atoms with Crippen molar-refractivity contribution in [1.29, 1.82) is 0 Å². The Kier molecular flexibility index (Phi) is 2.05. The predicted octanol–water partition coefficient (Wildman–Crippen LogP) is 2.32. The molecule has 0 atom stereocenters. The molecule has 0 aliphatic rings. The Labute approximate surface area is 99.3 Å². The topological polar surface area (TPSA) is 80.5 Å². The average Bonchev–Trinajstić information content (AvgIpc) is 2.85. The molecule has 16 heavy (non-hydrogen) atoms. The third kappa shape index (κ3) is 1.43. The summed E-state index contributed by atoms with van der Waals surface area (Å²) in [7, 11) is 0. The molecule has 0 amide bonds. The van der Waals surface area contributed by atoms with Gasteiger partial charge in [0.2, 0.25) is 5.13 Å². The monoisotopic (exact) mass is 251 g/mol. The summed E-state index contributed by atoms with van der Waals surface area (Å²) in [6.07, 6.45) is 1.72. The van der Waals surface area contributed by atoms with E-state index in [-0.39, 0.29) is 0 Å². The van der Waals surface area contributed by atoms with Gasteiger partial charge in [-0.2, -0.15) is 5.10 Å². The van der Waals surface area contributed by atoms with Gasteiger partial charge in [0.15, 0.2) is 0 Å². The zero-order chi connectivity index (χ0) is 11.1. The zero-order valence-corrected chi connectivity index (χ0v) is 9.51. The molecule has 0 saturated heterocycles. The van der Waals surface area contributed by atoms with Gasteiger partial charge < -0.3 is 5.73 Å². The number of aromatic amines is 1. The van der Waals surface area contributed by atoms with E-state index in [0.29, 0.717) is 10.2 Å². The van der Waals surface area contributed by atoms with Crippen molar-refractivity contribution in [2.24, 2.45) is 0 Å². The highest BCUT2D eigenvalue weighted by atomic mass is 35.5. The second-order valence-electron chi connectivity index (χ2n) is 3.24. The number of nitrogens with two attached hydrogens (primary N) is 1. The lowest BCUT2D eigenvalue weighted by atomic mass is 10.2. The van der Waals surface area contributed by atoms with Crippen molar-refractivity contribution in [3.63, 3.8) is 0 Å². The van der Waals surface area contributed by atoms with Gasteiger partial charge >= 0.3 is 0 Å². The molecule has 1 aromatic carbocycles.